The van der Waals surface area contributed by atoms with Gasteiger partial charge >= 0.3 is 0 Å². The number of hydrogen-bond acceptors (Lipinski definition) is 3. The van der Waals surface area contributed by atoms with Crippen molar-refractivity contribution in [3.05, 3.63) is 113 Å². The lowest BCUT2D eigenvalue weighted by Crippen LogP contribution is -2.29. The number of benzene rings is 1. The lowest BCUT2D eigenvalue weighted by Gasteiger charge is -2.28. The molecule has 4 heterocycles. The maximum Gasteiger partial charge on any atom is 0.174 e. The molecule has 166 valence electrons. The lowest BCUT2D eigenvalue weighted by atomic mass is 9.96. The van der Waals surface area contributed by atoms with Gasteiger partial charge in [0.05, 0.1) is 17.8 Å². The van der Waals surface area contributed by atoms with Crippen LogP contribution < -0.4 is 10.2 Å². The monoisotopic (exact) mass is 457 g/mol. The minimum absolute atomic E-state index is 0.133. The van der Waals surface area contributed by atoms with Crippen LogP contribution in [0.4, 0.5) is 10.1 Å². The molecule has 2 atom stereocenters. The number of nitrogens with zero attached hydrogens (tertiary/aromatic N) is 4. The SMILES string of the molecule is Cc1cc([C@@H]2[C@H](c3ccccn3)NC(=S)N2c2ccc(F)cc2)c(C)n1Cc1cccnc1. The second-order valence-corrected chi connectivity index (χ2v) is 8.63. The number of thiocarbonyl (C=S) groups is 1. The normalized spacial score (nSPS) is 17.9. The smallest absolute Gasteiger partial charge is 0.174 e. The number of aromatic nitrogens is 3. The number of pyridine rings is 2. The van der Waals surface area contributed by atoms with Gasteiger partial charge in [-0.15, -0.1) is 0 Å². The van der Waals surface area contributed by atoms with E-state index in [1.807, 2.05) is 30.5 Å². The van der Waals surface area contributed by atoms with Crippen molar-refractivity contribution in [1.82, 2.24) is 19.9 Å². The van der Waals surface area contributed by atoms with Crippen molar-refractivity contribution >= 4 is 23.0 Å². The highest BCUT2D eigenvalue weighted by atomic mass is 32.1. The van der Waals surface area contributed by atoms with E-state index in [2.05, 4.69) is 50.7 Å². The van der Waals surface area contributed by atoms with E-state index < -0.39 is 0 Å². The Hall–Kier alpha value is -3.58. The first-order valence-electron chi connectivity index (χ1n) is 10.8. The molecule has 0 saturated carbocycles. The molecule has 1 aliphatic heterocycles. The van der Waals surface area contributed by atoms with Crippen LogP contribution in [-0.2, 0) is 6.54 Å². The largest absolute Gasteiger partial charge is 0.351 e. The predicted octanol–water partition coefficient (Wildman–Crippen LogP) is 5.26. The number of rotatable bonds is 5. The van der Waals surface area contributed by atoms with Gasteiger partial charge in [-0.1, -0.05) is 12.1 Å². The maximum absolute atomic E-state index is 13.7. The predicted molar refractivity (Wildman–Crippen MR) is 132 cm³/mol. The molecule has 1 aliphatic rings. The average molecular weight is 458 g/mol. The van der Waals surface area contributed by atoms with Gasteiger partial charge < -0.3 is 14.8 Å². The Labute approximate surface area is 197 Å². The molecule has 4 aromatic rings. The third kappa shape index (κ3) is 4.00. The average Bonchev–Trinajstić information content (AvgIpc) is 3.32. The molecule has 0 radical (unpaired) electrons. The molecule has 1 aromatic carbocycles. The summed E-state index contributed by atoms with van der Waals surface area (Å²) in [6.45, 7) is 4.99. The first kappa shape index (κ1) is 21.3. The van der Waals surface area contributed by atoms with Crippen LogP contribution in [0.25, 0.3) is 0 Å². The van der Waals surface area contributed by atoms with Crippen molar-refractivity contribution in [1.29, 1.82) is 0 Å². The molecule has 5 rings (SSSR count). The van der Waals surface area contributed by atoms with Crippen LogP contribution in [0.15, 0.2) is 79.3 Å². The van der Waals surface area contributed by atoms with Crippen LogP contribution >= 0.6 is 12.2 Å². The Kier molecular flexibility index (Phi) is 5.64. The molecule has 7 heteroatoms. The van der Waals surface area contributed by atoms with Crippen LogP contribution in [0, 0.1) is 19.7 Å². The van der Waals surface area contributed by atoms with Crippen LogP contribution in [0.2, 0.25) is 0 Å². The molecule has 0 aliphatic carbocycles. The summed E-state index contributed by atoms with van der Waals surface area (Å²) in [7, 11) is 0. The van der Waals surface area contributed by atoms with Crippen molar-refractivity contribution in [3.8, 4) is 0 Å². The summed E-state index contributed by atoms with van der Waals surface area (Å²) in [5, 5.41) is 4.07. The molecule has 1 N–H and O–H groups in total. The lowest BCUT2D eigenvalue weighted by molar-refractivity contribution is 0.563. The molecule has 1 saturated heterocycles. The summed E-state index contributed by atoms with van der Waals surface area (Å²) in [5.74, 6) is -0.274. The minimum Gasteiger partial charge on any atom is -0.351 e. The number of aryl methyl sites for hydroxylation is 1. The van der Waals surface area contributed by atoms with Crippen LogP contribution in [-0.4, -0.2) is 19.6 Å². The Morgan fingerprint density at radius 1 is 1.03 bits per heavy atom. The van der Waals surface area contributed by atoms with Gasteiger partial charge in [-0.3, -0.25) is 9.97 Å². The van der Waals surface area contributed by atoms with E-state index in [-0.39, 0.29) is 17.9 Å². The second-order valence-electron chi connectivity index (χ2n) is 8.25. The number of hydrogen-bond donors (Lipinski definition) is 1. The van der Waals surface area contributed by atoms with Crippen LogP contribution in [0.3, 0.4) is 0 Å². The number of anilines is 1. The Morgan fingerprint density at radius 2 is 1.85 bits per heavy atom. The zero-order chi connectivity index (χ0) is 22.9. The molecule has 0 spiro atoms. The van der Waals surface area contributed by atoms with Gasteiger partial charge in [0.15, 0.2) is 5.11 Å². The number of halogens is 1. The summed E-state index contributed by atoms with van der Waals surface area (Å²) in [5.41, 5.74) is 6.36. The topological polar surface area (TPSA) is 46.0 Å². The Morgan fingerprint density at radius 3 is 2.55 bits per heavy atom. The van der Waals surface area contributed by atoms with Crippen LogP contribution in [0.1, 0.15) is 40.3 Å². The fourth-order valence-electron chi connectivity index (χ4n) is 4.60. The van der Waals surface area contributed by atoms with Gasteiger partial charge in [-0.25, -0.2) is 4.39 Å². The first-order valence-corrected chi connectivity index (χ1v) is 11.3. The second kappa shape index (κ2) is 8.75. The van der Waals surface area contributed by atoms with Crippen LogP contribution in [0.5, 0.6) is 0 Å². The third-order valence-electron chi connectivity index (χ3n) is 6.20. The summed E-state index contributed by atoms with van der Waals surface area (Å²) < 4.78 is 16.0. The Balaban J connectivity index is 1.62. The van der Waals surface area contributed by atoms with E-state index >= 15 is 0 Å². The van der Waals surface area contributed by atoms with Crippen molar-refractivity contribution in [3.63, 3.8) is 0 Å². The fraction of sp³-hybridized carbons (Fsp3) is 0.192. The van der Waals surface area contributed by atoms with Crippen molar-refractivity contribution in [2.75, 3.05) is 4.90 Å². The molecular formula is C26H24FN5S. The quantitative estimate of drug-likeness (QED) is 0.414. The molecule has 0 bridgehead atoms. The highest BCUT2D eigenvalue weighted by molar-refractivity contribution is 7.80. The summed E-state index contributed by atoms with van der Waals surface area (Å²) in [4.78, 5) is 10.9. The van der Waals surface area contributed by atoms with E-state index in [4.69, 9.17) is 12.2 Å². The fourth-order valence-corrected chi connectivity index (χ4v) is 4.94. The van der Waals surface area contributed by atoms with Gasteiger partial charge in [0.2, 0.25) is 0 Å². The zero-order valence-corrected chi connectivity index (χ0v) is 19.3. The standard InChI is InChI=1S/C26H24FN5S/c1-17-14-22(18(2)31(17)16-19-6-5-12-28-15-19)25-24(23-7-3-4-13-29-23)30-26(33)32(25)21-10-8-20(27)9-11-21/h3-15,24-25H,16H2,1-2H3,(H,30,33)/t24-,25+/m0/s1. The van der Waals surface area contributed by atoms with E-state index in [1.54, 1.807) is 24.5 Å². The van der Waals surface area contributed by atoms with E-state index in [0.29, 0.717) is 5.11 Å². The molecule has 5 nitrogen and oxygen atoms in total. The van der Waals surface area contributed by atoms with E-state index in [9.17, 15) is 4.39 Å². The van der Waals surface area contributed by atoms with Gasteiger partial charge in [0.25, 0.3) is 0 Å². The third-order valence-corrected chi connectivity index (χ3v) is 6.51. The van der Waals surface area contributed by atoms with Crippen molar-refractivity contribution in [2.45, 2.75) is 32.5 Å². The molecule has 33 heavy (non-hydrogen) atoms. The van der Waals surface area contributed by atoms with Crippen molar-refractivity contribution in [2.24, 2.45) is 0 Å². The molecule has 3 aromatic heterocycles. The summed E-state index contributed by atoms with van der Waals surface area (Å²) in [6.07, 6.45) is 5.48. The molecule has 0 unspecified atom stereocenters. The molecule has 0 amide bonds. The van der Waals surface area contributed by atoms with E-state index in [0.717, 1.165) is 40.4 Å². The highest BCUT2D eigenvalue weighted by Crippen LogP contribution is 2.43. The van der Waals surface area contributed by atoms with Gasteiger partial charge in [-0.2, -0.15) is 0 Å². The van der Waals surface area contributed by atoms with Gasteiger partial charge in [-0.05, 0) is 85.7 Å². The highest BCUT2D eigenvalue weighted by Gasteiger charge is 2.42. The number of nitrogens with one attached hydrogen (secondary N) is 1. The molecular weight excluding hydrogens is 433 g/mol. The first-order chi connectivity index (χ1) is 16.0. The summed E-state index contributed by atoms with van der Waals surface area (Å²) in [6, 6.07) is 18.4. The molecule has 1 fully saturated rings. The maximum atomic E-state index is 13.7. The van der Waals surface area contributed by atoms with Crippen molar-refractivity contribution < 1.29 is 4.39 Å². The van der Waals surface area contributed by atoms with Gasteiger partial charge in [0, 0.05) is 42.2 Å². The zero-order valence-electron chi connectivity index (χ0n) is 18.4. The van der Waals surface area contributed by atoms with E-state index in [1.165, 1.54) is 12.1 Å². The summed E-state index contributed by atoms with van der Waals surface area (Å²) >= 11 is 5.78. The van der Waals surface area contributed by atoms with Gasteiger partial charge in [0.1, 0.15) is 5.82 Å². The minimum atomic E-state index is -0.274. The Bertz CT molecular complexity index is 1270.